The Kier molecular flexibility index (Phi) is 4.27. The van der Waals surface area contributed by atoms with Crippen molar-refractivity contribution in [1.82, 2.24) is 9.88 Å². The van der Waals surface area contributed by atoms with E-state index < -0.39 is 0 Å². The average Bonchev–Trinajstić information content (AvgIpc) is 3.59. The van der Waals surface area contributed by atoms with E-state index in [0.29, 0.717) is 12.0 Å². The molecule has 1 aliphatic carbocycles. The Hall–Kier alpha value is -2.85. The second kappa shape index (κ2) is 7.13. The second-order valence-electron chi connectivity index (χ2n) is 8.91. The number of benzene rings is 2. The number of aliphatic hydroxyl groups is 1. The molecular formula is C26H27N3O. The van der Waals surface area contributed by atoms with Crippen LogP contribution in [-0.4, -0.2) is 40.2 Å². The zero-order chi connectivity index (χ0) is 20.1. The van der Waals surface area contributed by atoms with Crippen LogP contribution in [0.1, 0.15) is 42.0 Å². The summed E-state index contributed by atoms with van der Waals surface area (Å²) in [5, 5.41) is 11.4. The van der Waals surface area contributed by atoms with E-state index in [4.69, 9.17) is 4.98 Å². The lowest BCUT2D eigenvalue weighted by Gasteiger charge is -2.36. The monoisotopic (exact) mass is 397 g/mol. The molecule has 1 aromatic heterocycles. The van der Waals surface area contributed by atoms with Crippen molar-refractivity contribution in [3.05, 3.63) is 77.6 Å². The highest BCUT2D eigenvalue weighted by molar-refractivity contribution is 5.78. The van der Waals surface area contributed by atoms with Gasteiger partial charge in [0.05, 0.1) is 11.6 Å². The molecule has 3 aliphatic rings. The molecule has 2 aliphatic heterocycles. The van der Waals surface area contributed by atoms with Gasteiger partial charge in [-0.15, -0.1) is 0 Å². The van der Waals surface area contributed by atoms with Crippen molar-refractivity contribution in [3.8, 4) is 0 Å². The fourth-order valence-electron chi connectivity index (χ4n) is 5.18. The summed E-state index contributed by atoms with van der Waals surface area (Å²) in [6.07, 6.45) is 7.45. The highest BCUT2D eigenvalue weighted by Crippen LogP contribution is 2.46. The first-order chi connectivity index (χ1) is 14.8. The largest absolute Gasteiger partial charge is 0.391 e. The van der Waals surface area contributed by atoms with Crippen molar-refractivity contribution in [2.45, 2.75) is 43.9 Å². The van der Waals surface area contributed by atoms with Crippen LogP contribution in [-0.2, 0) is 6.54 Å². The fourth-order valence-corrected chi connectivity index (χ4v) is 5.18. The predicted molar refractivity (Wildman–Crippen MR) is 121 cm³/mol. The standard InChI is InChI=1S/C26H27N3O/c30-20-7-4-13-28(16-20)25-9-3-6-18-12-14-29(17-22(18)25)26-15-21(26)24-11-10-19-5-1-2-8-23(19)27-24/h1-3,5-6,8-12,14,20-21,26,30H,4,7,13,15-17H2/t20-,21?,26?/m0/s1. The Morgan fingerprint density at radius 2 is 1.93 bits per heavy atom. The molecule has 0 amide bonds. The summed E-state index contributed by atoms with van der Waals surface area (Å²) >= 11 is 0. The minimum Gasteiger partial charge on any atom is -0.391 e. The summed E-state index contributed by atoms with van der Waals surface area (Å²) < 4.78 is 0. The molecule has 0 spiro atoms. The number of rotatable bonds is 3. The second-order valence-corrected chi connectivity index (χ2v) is 8.91. The third kappa shape index (κ3) is 3.16. The van der Waals surface area contributed by atoms with Crippen LogP contribution in [0, 0.1) is 0 Å². The summed E-state index contributed by atoms with van der Waals surface area (Å²) in [6.45, 7) is 2.71. The molecular weight excluding hydrogens is 370 g/mol. The number of fused-ring (bicyclic) bond motifs is 2. The van der Waals surface area contributed by atoms with Gasteiger partial charge in [0.1, 0.15) is 0 Å². The Labute approximate surface area is 177 Å². The van der Waals surface area contributed by atoms with Crippen LogP contribution in [0.3, 0.4) is 0 Å². The Balaban J connectivity index is 1.24. The third-order valence-corrected chi connectivity index (χ3v) is 6.89. The van der Waals surface area contributed by atoms with Gasteiger partial charge in [0.25, 0.3) is 0 Å². The number of anilines is 1. The van der Waals surface area contributed by atoms with Crippen molar-refractivity contribution < 1.29 is 5.11 Å². The SMILES string of the molecule is O[C@H]1CCCN(c2cccc3c2CN(C2CC2c2ccc4ccccc4n2)C=C3)C1. The van der Waals surface area contributed by atoms with E-state index in [0.717, 1.165) is 44.4 Å². The molecule has 3 atom stereocenters. The molecule has 6 rings (SSSR count). The summed E-state index contributed by atoms with van der Waals surface area (Å²) in [7, 11) is 0. The van der Waals surface area contributed by atoms with Crippen LogP contribution in [0.4, 0.5) is 5.69 Å². The molecule has 4 nitrogen and oxygen atoms in total. The molecule has 1 N–H and O–H groups in total. The van der Waals surface area contributed by atoms with E-state index in [1.165, 1.54) is 27.9 Å². The molecule has 2 unspecified atom stereocenters. The highest BCUT2D eigenvalue weighted by Gasteiger charge is 2.43. The summed E-state index contributed by atoms with van der Waals surface area (Å²) in [6, 6.07) is 19.9. The molecule has 4 heteroatoms. The van der Waals surface area contributed by atoms with Crippen LogP contribution >= 0.6 is 0 Å². The third-order valence-electron chi connectivity index (χ3n) is 6.89. The first kappa shape index (κ1) is 18.0. The number of piperidine rings is 1. The Bertz CT molecular complexity index is 1120. The van der Waals surface area contributed by atoms with Crippen LogP contribution in [0.2, 0.25) is 0 Å². The molecule has 152 valence electrons. The van der Waals surface area contributed by atoms with Gasteiger partial charge in [-0.25, -0.2) is 0 Å². The van der Waals surface area contributed by atoms with E-state index in [1.807, 2.05) is 0 Å². The number of hydrogen-bond donors (Lipinski definition) is 1. The van der Waals surface area contributed by atoms with Crippen LogP contribution in [0.5, 0.6) is 0 Å². The number of hydrogen-bond acceptors (Lipinski definition) is 4. The van der Waals surface area contributed by atoms with Crippen LogP contribution in [0.15, 0.2) is 60.8 Å². The van der Waals surface area contributed by atoms with Crippen LogP contribution in [0.25, 0.3) is 17.0 Å². The fraction of sp³-hybridized carbons (Fsp3) is 0.346. The number of pyridine rings is 1. The molecule has 30 heavy (non-hydrogen) atoms. The minimum atomic E-state index is -0.211. The van der Waals surface area contributed by atoms with Gasteiger partial charge in [0.15, 0.2) is 0 Å². The predicted octanol–water partition coefficient (Wildman–Crippen LogP) is 4.54. The normalized spacial score (nSPS) is 25.4. The molecule has 2 fully saturated rings. The maximum absolute atomic E-state index is 10.2. The van der Waals surface area contributed by atoms with E-state index >= 15 is 0 Å². The maximum Gasteiger partial charge on any atom is 0.0715 e. The number of para-hydroxylation sites is 1. The lowest BCUT2D eigenvalue weighted by Crippen LogP contribution is -2.39. The molecule has 0 radical (unpaired) electrons. The average molecular weight is 398 g/mol. The zero-order valence-corrected chi connectivity index (χ0v) is 17.1. The van der Waals surface area contributed by atoms with Gasteiger partial charge in [-0.3, -0.25) is 4.98 Å². The van der Waals surface area contributed by atoms with Crippen LogP contribution < -0.4 is 4.90 Å². The van der Waals surface area contributed by atoms with Gasteiger partial charge >= 0.3 is 0 Å². The summed E-state index contributed by atoms with van der Waals surface area (Å²) in [4.78, 5) is 9.81. The van der Waals surface area contributed by atoms with Gasteiger partial charge in [0.2, 0.25) is 0 Å². The molecule has 3 aromatic rings. The summed E-state index contributed by atoms with van der Waals surface area (Å²) in [5.41, 5.74) is 6.30. The lowest BCUT2D eigenvalue weighted by atomic mass is 9.99. The van der Waals surface area contributed by atoms with E-state index in [-0.39, 0.29) is 6.10 Å². The Morgan fingerprint density at radius 3 is 2.87 bits per heavy atom. The summed E-state index contributed by atoms with van der Waals surface area (Å²) in [5.74, 6) is 0.504. The topological polar surface area (TPSA) is 39.6 Å². The van der Waals surface area contributed by atoms with Gasteiger partial charge in [-0.1, -0.05) is 36.4 Å². The van der Waals surface area contributed by atoms with Crippen molar-refractivity contribution in [2.24, 2.45) is 0 Å². The molecule has 1 saturated heterocycles. The Morgan fingerprint density at radius 1 is 1.00 bits per heavy atom. The highest BCUT2D eigenvalue weighted by atomic mass is 16.3. The van der Waals surface area contributed by atoms with Crippen molar-refractivity contribution >= 4 is 22.7 Å². The van der Waals surface area contributed by atoms with Gasteiger partial charge in [-0.05, 0) is 49.1 Å². The maximum atomic E-state index is 10.2. The first-order valence-corrected chi connectivity index (χ1v) is 11.1. The van der Waals surface area contributed by atoms with Gasteiger partial charge in [-0.2, -0.15) is 0 Å². The molecule has 1 saturated carbocycles. The van der Waals surface area contributed by atoms with Crippen molar-refractivity contribution in [1.29, 1.82) is 0 Å². The number of nitrogens with zero attached hydrogens (tertiary/aromatic N) is 3. The van der Waals surface area contributed by atoms with Gasteiger partial charge in [0, 0.05) is 60.1 Å². The number of aromatic nitrogens is 1. The molecule has 2 aromatic carbocycles. The smallest absolute Gasteiger partial charge is 0.0715 e. The molecule has 0 bridgehead atoms. The number of aliphatic hydroxyl groups excluding tert-OH is 1. The minimum absolute atomic E-state index is 0.211. The van der Waals surface area contributed by atoms with Gasteiger partial charge < -0.3 is 14.9 Å². The molecule has 3 heterocycles. The number of β-amino-alcohol motifs (C(OH)–C–C–N with tert-alkyl or cyclic N) is 1. The van der Waals surface area contributed by atoms with Crippen molar-refractivity contribution in [3.63, 3.8) is 0 Å². The first-order valence-electron chi connectivity index (χ1n) is 11.1. The van der Waals surface area contributed by atoms with E-state index in [1.54, 1.807) is 0 Å². The van der Waals surface area contributed by atoms with E-state index in [2.05, 4.69) is 76.7 Å². The zero-order valence-electron chi connectivity index (χ0n) is 17.1. The van der Waals surface area contributed by atoms with E-state index in [9.17, 15) is 5.11 Å². The quantitative estimate of drug-likeness (QED) is 0.704. The lowest BCUT2D eigenvalue weighted by molar-refractivity contribution is 0.154. The van der Waals surface area contributed by atoms with Crippen molar-refractivity contribution in [2.75, 3.05) is 18.0 Å².